The molecule has 2 N–H and O–H groups in total. The van der Waals surface area contributed by atoms with E-state index in [1.54, 1.807) is 12.1 Å². The van der Waals surface area contributed by atoms with Crippen LogP contribution in [-0.2, 0) is 15.0 Å². The van der Waals surface area contributed by atoms with Crippen LogP contribution < -0.4 is 9.47 Å². The van der Waals surface area contributed by atoms with Gasteiger partial charge in [-0.1, -0.05) is 84.9 Å². The van der Waals surface area contributed by atoms with Crippen molar-refractivity contribution in [1.29, 1.82) is 0 Å². The number of carbonyl (C=O) groups is 2. The van der Waals surface area contributed by atoms with Crippen molar-refractivity contribution in [1.82, 2.24) is 0 Å². The lowest BCUT2D eigenvalue weighted by atomic mass is 9.67. The SMILES string of the molecule is O=C(O)COc1ccc2cc(C3(c4ccc5cc(OCC(=O)O)ccc5c4)c4ccccc4-c4ccccc43)ccc2c1. The predicted octanol–water partition coefficient (Wildman–Crippen LogP) is 7.28. The first-order valence-electron chi connectivity index (χ1n) is 13.9. The summed E-state index contributed by atoms with van der Waals surface area (Å²) < 4.78 is 10.9. The molecule has 0 saturated carbocycles. The fourth-order valence-electron chi connectivity index (χ4n) is 6.41. The Hall–Kier alpha value is -5.62. The van der Waals surface area contributed by atoms with Crippen molar-refractivity contribution >= 4 is 33.5 Å². The highest BCUT2D eigenvalue weighted by Gasteiger charge is 2.46. The van der Waals surface area contributed by atoms with E-state index < -0.39 is 30.6 Å². The number of rotatable bonds is 8. The van der Waals surface area contributed by atoms with Crippen LogP contribution in [0.2, 0.25) is 0 Å². The zero-order chi connectivity index (χ0) is 29.6. The van der Waals surface area contributed by atoms with Crippen LogP contribution in [0.15, 0.2) is 121 Å². The molecule has 210 valence electrons. The number of aliphatic carboxylic acids is 2. The second-order valence-corrected chi connectivity index (χ2v) is 10.7. The first-order chi connectivity index (χ1) is 20.9. The van der Waals surface area contributed by atoms with Crippen molar-refractivity contribution in [2.75, 3.05) is 13.2 Å². The smallest absolute Gasteiger partial charge is 0.341 e. The largest absolute Gasteiger partial charge is 0.482 e. The van der Waals surface area contributed by atoms with Crippen LogP contribution in [-0.4, -0.2) is 35.4 Å². The lowest BCUT2D eigenvalue weighted by Crippen LogP contribution is -2.28. The normalized spacial score (nSPS) is 12.9. The molecule has 0 spiro atoms. The molecule has 1 aliphatic rings. The maximum absolute atomic E-state index is 11.0. The zero-order valence-electron chi connectivity index (χ0n) is 23.0. The molecule has 0 heterocycles. The van der Waals surface area contributed by atoms with Gasteiger partial charge in [0.15, 0.2) is 13.2 Å². The van der Waals surface area contributed by atoms with Crippen molar-refractivity contribution in [3.63, 3.8) is 0 Å². The number of carboxylic acids is 2. The van der Waals surface area contributed by atoms with Gasteiger partial charge in [0.05, 0.1) is 5.41 Å². The maximum Gasteiger partial charge on any atom is 0.341 e. The first kappa shape index (κ1) is 26.3. The van der Waals surface area contributed by atoms with E-state index in [9.17, 15) is 9.59 Å². The monoisotopic (exact) mass is 566 g/mol. The van der Waals surface area contributed by atoms with Gasteiger partial charge in [-0.25, -0.2) is 9.59 Å². The van der Waals surface area contributed by atoms with Crippen LogP contribution in [0.25, 0.3) is 32.7 Å². The van der Waals surface area contributed by atoms with E-state index in [2.05, 4.69) is 84.9 Å². The number of hydrogen-bond acceptors (Lipinski definition) is 4. The lowest BCUT2D eigenvalue weighted by molar-refractivity contribution is -0.140. The Morgan fingerprint density at radius 3 is 1.35 bits per heavy atom. The van der Waals surface area contributed by atoms with Gasteiger partial charge in [0.1, 0.15) is 11.5 Å². The fourth-order valence-corrected chi connectivity index (χ4v) is 6.41. The molecule has 0 saturated heterocycles. The number of fused-ring (bicyclic) bond motifs is 5. The number of benzene rings is 6. The molecular formula is C37H26O6. The van der Waals surface area contributed by atoms with E-state index in [0.717, 1.165) is 32.7 Å². The molecule has 0 atom stereocenters. The molecule has 0 unspecified atom stereocenters. The zero-order valence-corrected chi connectivity index (χ0v) is 23.0. The molecule has 0 amide bonds. The summed E-state index contributed by atoms with van der Waals surface area (Å²) >= 11 is 0. The minimum absolute atomic E-state index is 0.393. The Bertz CT molecular complexity index is 1910. The van der Waals surface area contributed by atoms with Crippen molar-refractivity contribution in [3.8, 4) is 22.6 Å². The van der Waals surface area contributed by atoms with Gasteiger partial charge in [-0.3, -0.25) is 0 Å². The van der Waals surface area contributed by atoms with Crippen LogP contribution >= 0.6 is 0 Å². The summed E-state index contributed by atoms with van der Waals surface area (Å²) in [6.45, 7) is -0.787. The molecule has 6 nitrogen and oxygen atoms in total. The summed E-state index contributed by atoms with van der Waals surface area (Å²) in [5.74, 6) is -1.02. The van der Waals surface area contributed by atoms with Crippen molar-refractivity contribution in [3.05, 3.63) is 144 Å². The topological polar surface area (TPSA) is 93.1 Å². The minimum atomic E-state index is -1.02. The number of ether oxygens (including phenoxy) is 2. The Balaban J connectivity index is 1.43. The molecule has 6 aromatic rings. The fraction of sp³-hybridized carbons (Fsp3) is 0.0811. The van der Waals surface area contributed by atoms with Crippen LogP contribution in [0, 0.1) is 0 Å². The summed E-state index contributed by atoms with van der Waals surface area (Å²) in [7, 11) is 0. The van der Waals surface area contributed by atoms with Gasteiger partial charge in [-0.2, -0.15) is 0 Å². The highest BCUT2D eigenvalue weighted by atomic mass is 16.5. The van der Waals surface area contributed by atoms with Crippen LogP contribution in [0.5, 0.6) is 11.5 Å². The molecule has 6 heteroatoms. The summed E-state index contributed by atoms with van der Waals surface area (Å²) in [5, 5.41) is 22.0. The summed E-state index contributed by atoms with van der Waals surface area (Å²) in [6.07, 6.45) is 0. The average molecular weight is 567 g/mol. The van der Waals surface area contributed by atoms with Crippen molar-refractivity contribution in [2.45, 2.75) is 5.41 Å². The third-order valence-corrected chi connectivity index (χ3v) is 8.17. The van der Waals surface area contributed by atoms with E-state index in [1.165, 1.54) is 22.3 Å². The van der Waals surface area contributed by atoms with Gasteiger partial charge in [0.25, 0.3) is 0 Å². The molecule has 0 fully saturated rings. The maximum atomic E-state index is 11.0. The highest BCUT2D eigenvalue weighted by molar-refractivity contribution is 5.92. The van der Waals surface area contributed by atoms with Crippen molar-refractivity contribution < 1.29 is 29.3 Å². The Morgan fingerprint density at radius 1 is 0.512 bits per heavy atom. The number of hydrogen-bond donors (Lipinski definition) is 2. The number of carboxylic acid groups (broad SMARTS) is 2. The highest BCUT2D eigenvalue weighted by Crippen LogP contribution is 2.56. The quantitative estimate of drug-likeness (QED) is 0.201. The Kier molecular flexibility index (Phi) is 6.32. The standard InChI is InChI=1S/C37H26O6/c38-35(39)21-42-29-15-11-23-17-27(13-9-25(23)19-29)37(33-7-3-1-5-31(33)32-6-2-4-8-34(32)37)28-14-10-26-20-30(43-22-36(40)41)16-12-24(26)18-28/h1-20H,21-22H2,(H,38,39)(H,40,41). The second kappa shape index (κ2) is 10.3. The van der Waals surface area contributed by atoms with Crippen LogP contribution in [0.1, 0.15) is 22.3 Å². The molecule has 6 aromatic carbocycles. The van der Waals surface area contributed by atoms with E-state index >= 15 is 0 Å². The van der Waals surface area contributed by atoms with Crippen LogP contribution in [0.4, 0.5) is 0 Å². The van der Waals surface area contributed by atoms with Gasteiger partial charge >= 0.3 is 11.9 Å². The van der Waals surface area contributed by atoms with E-state index in [1.807, 2.05) is 24.3 Å². The molecule has 43 heavy (non-hydrogen) atoms. The second-order valence-electron chi connectivity index (χ2n) is 10.7. The van der Waals surface area contributed by atoms with Gasteiger partial charge in [-0.05, 0) is 91.3 Å². The van der Waals surface area contributed by atoms with Gasteiger partial charge < -0.3 is 19.7 Å². The molecule has 0 radical (unpaired) electrons. The van der Waals surface area contributed by atoms with Gasteiger partial charge in [0, 0.05) is 0 Å². The molecule has 0 aromatic heterocycles. The van der Waals surface area contributed by atoms with Crippen molar-refractivity contribution in [2.24, 2.45) is 0 Å². The third kappa shape index (κ3) is 4.44. The Morgan fingerprint density at radius 2 is 0.907 bits per heavy atom. The van der Waals surface area contributed by atoms with E-state index in [0.29, 0.717) is 11.5 Å². The molecule has 7 rings (SSSR count). The summed E-state index contributed by atoms with van der Waals surface area (Å²) in [5.41, 5.74) is 6.37. The Labute approximate surface area is 247 Å². The lowest BCUT2D eigenvalue weighted by Gasteiger charge is -2.34. The molecule has 0 bridgehead atoms. The molecule has 1 aliphatic carbocycles. The first-order valence-corrected chi connectivity index (χ1v) is 13.9. The van der Waals surface area contributed by atoms with Gasteiger partial charge in [-0.15, -0.1) is 0 Å². The molecule has 0 aliphatic heterocycles. The third-order valence-electron chi connectivity index (χ3n) is 8.17. The van der Waals surface area contributed by atoms with Gasteiger partial charge in [0.2, 0.25) is 0 Å². The summed E-state index contributed by atoms with van der Waals surface area (Å²) in [6, 6.07) is 41.2. The van der Waals surface area contributed by atoms with E-state index in [-0.39, 0.29) is 0 Å². The average Bonchev–Trinajstić information content (AvgIpc) is 3.33. The predicted molar refractivity (Wildman–Crippen MR) is 165 cm³/mol. The minimum Gasteiger partial charge on any atom is -0.482 e. The van der Waals surface area contributed by atoms with E-state index in [4.69, 9.17) is 19.7 Å². The molecular weight excluding hydrogens is 540 g/mol. The van der Waals surface area contributed by atoms with Crippen LogP contribution in [0.3, 0.4) is 0 Å². The summed E-state index contributed by atoms with van der Waals surface area (Å²) in [4.78, 5) is 22.0.